The van der Waals surface area contributed by atoms with Gasteiger partial charge in [-0.1, -0.05) is 35.0 Å². The van der Waals surface area contributed by atoms with Gasteiger partial charge in [0, 0.05) is 14.9 Å². The number of thiophene rings is 1. The molecule has 0 spiro atoms. The molecule has 2 rings (SSSR count). The zero-order chi connectivity index (χ0) is 18.8. The van der Waals surface area contributed by atoms with Gasteiger partial charge < -0.3 is 10.1 Å². The van der Waals surface area contributed by atoms with E-state index in [2.05, 4.69) is 15.9 Å². The molecule has 0 fully saturated rings. The minimum absolute atomic E-state index is 0.0794. The van der Waals surface area contributed by atoms with E-state index < -0.39 is 18.1 Å². The van der Waals surface area contributed by atoms with Crippen molar-refractivity contribution in [3.05, 3.63) is 39.2 Å². The smallest absolute Gasteiger partial charge is 0.465 e. The summed E-state index contributed by atoms with van der Waals surface area (Å²) in [6, 6.07) is 6.96. The fourth-order valence-corrected chi connectivity index (χ4v) is 3.62. The third-order valence-electron chi connectivity index (χ3n) is 3.31. The number of anilines is 1. The molecule has 0 unspecified atom stereocenters. The van der Waals surface area contributed by atoms with Crippen LogP contribution in [0.15, 0.2) is 28.7 Å². The summed E-state index contributed by atoms with van der Waals surface area (Å²) in [6.07, 6.45) is -4.58. The van der Waals surface area contributed by atoms with Crippen molar-refractivity contribution in [2.75, 3.05) is 12.4 Å². The van der Waals surface area contributed by atoms with Crippen molar-refractivity contribution in [3.8, 4) is 11.1 Å². The predicted molar refractivity (Wildman–Crippen MR) is 92.9 cm³/mol. The Hall–Kier alpha value is -1.87. The number of halogens is 4. The number of alkyl halides is 3. The maximum atomic E-state index is 12.6. The van der Waals surface area contributed by atoms with E-state index in [0.717, 1.165) is 22.9 Å². The first-order valence-corrected chi connectivity index (χ1v) is 8.68. The molecule has 0 saturated carbocycles. The molecule has 1 aromatic carbocycles. The summed E-state index contributed by atoms with van der Waals surface area (Å²) in [5, 5.41) is 1.61. The predicted octanol–water partition coefficient (Wildman–Crippen LogP) is 5.03. The Morgan fingerprint density at radius 3 is 2.32 bits per heavy atom. The van der Waals surface area contributed by atoms with Crippen LogP contribution in [-0.4, -0.2) is 25.2 Å². The average molecular weight is 436 g/mol. The lowest BCUT2D eigenvalue weighted by molar-refractivity contribution is -0.167. The van der Waals surface area contributed by atoms with Crippen molar-refractivity contribution in [3.63, 3.8) is 0 Å². The summed E-state index contributed by atoms with van der Waals surface area (Å²) in [7, 11) is 1.13. The highest BCUT2D eigenvalue weighted by atomic mass is 79.9. The average Bonchev–Trinajstić information content (AvgIpc) is 2.92. The minimum Gasteiger partial charge on any atom is -0.465 e. The number of hydrogen-bond donors (Lipinski definition) is 1. The number of benzene rings is 1. The highest BCUT2D eigenvalue weighted by Crippen LogP contribution is 2.42. The summed E-state index contributed by atoms with van der Waals surface area (Å²) in [5.74, 6) is -2.95. The van der Waals surface area contributed by atoms with Gasteiger partial charge in [-0.05, 0) is 24.1 Å². The standard InChI is InChI=1S/C16H13BrF3NO3S/c1-3-10-11(8-4-6-9(17)7-5-8)12(14(22)24-2)13(25-10)21-15(23)16(18,19)20/h4-7H,3H2,1-2H3,(H,21,23). The Balaban J connectivity index is 2.63. The molecular formula is C16H13BrF3NO3S. The van der Waals surface area contributed by atoms with Crippen LogP contribution in [0.3, 0.4) is 0 Å². The summed E-state index contributed by atoms with van der Waals surface area (Å²) < 4.78 is 43.3. The van der Waals surface area contributed by atoms with Crippen LogP contribution in [0.5, 0.6) is 0 Å². The Kier molecular flexibility index (Phi) is 5.89. The number of carbonyl (C=O) groups is 2. The molecule has 0 aliphatic rings. The molecule has 9 heteroatoms. The Bertz CT molecular complexity index is 800. The molecular weight excluding hydrogens is 423 g/mol. The second kappa shape index (κ2) is 7.57. The molecule has 1 aromatic heterocycles. The SMILES string of the molecule is CCc1sc(NC(=O)C(F)(F)F)c(C(=O)OC)c1-c1ccc(Br)cc1. The highest BCUT2D eigenvalue weighted by Gasteiger charge is 2.40. The van der Waals surface area contributed by atoms with Gasteiger partial charge in [0.25, 0.3) is 0 Å². The van der Waals surface area contributed by atoms with Crippen molar-refractivity contribution in [1.29, 1.82) is 0 Å². The molecule has 25 heavy (non-hydrogen) atoms. The van der Waals surface area contributed by atoms with Gasteiger partial charge in [-0.15, -0.1) is 11.3 Å². The largest absolute Gasteiger partial charge is 0.471 e. The van der Waals surface area contributed by atoms with E-state index in [1.807, 2.05) is 6.92 Å². The topological polar surface area (TPSA) is 55.4 Å². The van der Waals surface area contributed by atoms with E-state index in [-0.39, 0.29) is 10.6 Å². The monoisotopic (exact) mass is 435 g/mol. The van der Waals surface area contributed by atoms with Crippen molar-refractivity contribution in [2.45, 2.75) is 19.5 Å². The molecule has 0 bridgehead atoms. The number of aryl methyl sites for hydroxylation is 1. The van der Waals surface area contributed by atoms with Gasteiger partial charge in [0.2, 0.25) is 0 Å². The lowest BCUT2D eigenvalue weighted by Gasteiger charge is -2.09. The first-order valence-electron chi connectivity index (χ1n) is 7.07. The zero-order valence-corrected chi connectivity index (χ0v) is 15.6. The van der Waals surface area contributed by atoms with E-state index in [1.165, 1.54) is 0 Å². The number of ether oxygens (including phenoxy) is 1. The Labute approximate surface area is 154 Å². The molecule has 0 saturated heterocycles. The lowest BCUT2D eigenvalue weighted by Crippen LogP contribution is -2.30. The summed E-state index contributed by atoms with van der Waals surface area (Å²) in [5.41, 5.74) is 1.03. The van der Waals surface area contributed by atoms with Crippen LogP contribution >= 0.6 is 27.3 Å². The number of nitrogens with one attached hydrogen (secondary N) is 1. The van der Waals surface area contributed by atoms with E-state index in [4.69, 9.17) is 4.74 Å². The molecule has 4 nitrogen and oxygen atoms in total. The molecule has 1 N–H and O–H groups in total. The first-order chi connectivity index (χ1) is 11.7. The van der Waals surface area contributed by atoms with Crippen LogP contribution in [-0.2, 0) is 16.0 Å². The van der Waals surface area contributed by atoms with Crippen LogP contribution < -0.4 is 5.32 Å². The zero-order valence-electron chi connectivity index (χ0n) is 13.2. The highest BCUT2D eigenvalue weighted by molar-refractivity contribution is 9.10. The quantitative estimate of drug-likeness (QED) is 0.685. The second-order valence-corrected chi connectivity index (χ2v) is 6.93. The number of esters is 1. The Morgan fingerprint density at radius 2 is 1.84 bits per heavy atom. The molecule has 0 aliphatic heterocycles. The van der Waals surface area contributed by atoms with Crippen molar-refractivity contribution >= 4 is 44.1 Å². The van der Waals surface area contributed by atoms with E-state index >= 15 is 0 Å². The fraction of sp³-hybridized carbons (Fsp3) is 0.250. The first kappa shape index (κ1) is 19.5. The van der Waals surface area contributed by atoms with Gasteiger partial charge in [0.1, 0.15) is 10.6 Å². The number of methoxy groups -OCH3 is 1. The van der Waals surface area contributed by atoms with E-state index in [9.17, 15) is 22.8 Å². The molecule has 1 amide bonds. The van der Waals surface area contributed by atoms with Crippen LogP contribution in [0.4, 0.5) is 18.2 Å². The van der Waals surface area contributed by atoms with Gasteiger partial charge in [-0.3, -0.25) is 4.79 Å². The van der Waals surface area contributed by atoms with Crippen molar-refractivity contribution in [2.24, 2.45) is 0 Å². The molecule has 1 heterocycles. The number of hydrogen-bond acceptors (Lipinski definition) is 4. The normalized spacial score (nSPS) is 11.3. The Morgan fingerprint density at radius 1 is 1.24 bits per heavy atom. The lowest BCUT2D eigenvalue weighted by atomic mass is 10.00. The van der Waals surface area contributed by atoms with Gasteiger partial charge in [-0.2, -0.15) is 13.2 Å². The van der Waals surface area contributed by atoms with Gasteiger partial charge in [0.05, 0.1) is 7.11 Å². The molecule has 134 valence electrons. The number of carbonyl (C=O) groups excluding carboxylic acids is 2. The molecule has 0 aliphatic carbocycles. The van der Waals surface area contributed by atoms with Crippen LogP contribution in [0.2, 0.25) is 0 Å². The van der Waals surface area contributed by atoms with Crippen LogP contribution in [0.25, 0.3) is 11.1 Å². The van der Waals surface area contributed by atoms with Gasteiger partial charge in [-0.25, -0.2) is 4.79 Å². The van der Waals surface area contributed by atoms with Crippen molar-refractivity contribution < 1.29 is 27.5 Å². The molecule has 0 radical (unpaired) electrons. The van der Waals surface area contributed by atoms with Gasteiger partial charge in [0.15, 0.2) is 0 Å². The third-order valence-corrected chi connectivity index (χ3v) is 5.09. The minimum atomic E-state index is -5.05. The summed E-state index contributed by atoms with van der Waals surface area (Å²) >= 11 is 4.23. The molecule has 0 atom stereocenters. The van der Waals surface area contributed by atoms with E-state index in [1.54, 1.807) is 29.6 Å². The van der Waals surface area contributed by atoms with Crippen LogP contribution in [0.1, 0.15) is 22.2 Å². The molecule has 2 aromatic rings. The number of rotatable bonds is 4. The second-order valence-electron chi connectivity index (χ2n) is 4.91. The van der Waals surface area contributed by atoms with Crippen molar-refractivity contribution in [1.82, 2.24) is 0 Å². The maximum Gasteiger partial charge on any atom is 0.471 e. The van der Waals surface area contributed by atoms with Gasteiger partial charge >= 0.3 is 18.1 Å². The fourth-order valence-electron chi connectivity index (χ4n) is 2.21. The third kappa shape index (κ3) is 4.21. The summed E-state index contributed by atoms with van der Waals surface area (Å²) in [4.78, 5) is 24.2. The maximum absolute atomic E-state index is 12.6. The van der Waals surface area contributed by atoms with E-state index in [0.29, 0.717) is 22.4 Å². The summed E-state index contributed by atoms with van der Waals surface area (Å²) in [6.45, 7) is 1.81. The number of amides is 1. The van der Waals surface area contributed by atoms with Crippen LogP contribution in [0, 0.1) is 0 Å².